The molecule has 0 aliphatic rings. The highest BCUT2D eigenvalue weighted by Crippen LogP contribution is 2.09. The van der Waals surface area contributed by atoms with E-state index in [1.54, 1.807) is 17.4 Å². The summed E-state index contributed by atoms with van der Waals surface area (Å²) in [6.45, 7) is 4.62. The first-order valence-corrected chi connectivity index (χ1v) is 6.06. The van der Waals surface area contributed by atoms with Gasteiger partial charge in [0.15, 0.2) is 0 Å². The average Bonchev–Trinajstić information content (AvgIpc) is 2.74. The molecule has 0 aliphatic carbocycles. The molecule has 4 heteroatoms. The topological polar surface area (TPSA) is 35.5 Å². The molecule has 16 heavy (non-hydrogen) atoms. The molecule has 0 radical (unpaired) electrons. The highest BCUT2D eigenvalue weighted by atomic mass is 32.1. The van der Waals surface area contributed by atoms with Gasteiger partial charge in [-0.3, -0.25) is 0 Å². The van der Waals surface area contributed by atoms with Gasteiger partial charge in [0.25, 0.3) is 0 Å². The third-order valence-corrected chi connectivity index (χ3v) is 2.54. The van der Waals surface area contributed by atoms with Crippen molar-refractivity contribution >= 4 is 23.4 Å². The van der Waals surface area contributed by atoms with Crippen molar-refractivity contribution in [1.29, 1.82) is 0 Å². The van der Waals surface area contributed by atoms with E-state index in [1.165, 1.54) is 6.08 Å². The Morgan fingerprint density at radius 2 is 2.31 bits per heavy atom. The molecule has 88 valence electrons. The Balaban J connectivity index is 2.16. The van der Waals surface area contributed by atoms with Gasteiger partial charge in [0, 0.05) is 11.0 Å². The van der Waals surface area contributed by atoms with Crippen LogP contribution in [-0.2, 0) is 14.3 Å². The Morgan fingerprint density at radius 3 is 2.94 bits per heavy atom. The van der Waals surface area contributed by atoms with Gasteiger partial charge in [0.1, 0.15) is 6.61 Å². The van der Waals surface area contributed by atoms with Crippen LogP contribution in [-0.4, -0.2) is 25.3 Å². The smallest absolute Gasteiger partial charge is 0.330 e. The zero-order chi connectivity index (χ0) is 11.8. The fraction of sp³-hybridized carbons (Fsp3) is 0.417. The maximum Gasteiger partial charge on any atom is 0.330 e. The lowest BCUT2D eigenvalue weighted by Gasteiger charge is -2.06. The standard InChI is InChI=1S/C12H16O3S/c1-10(2)14-7-8-15-12(13)6-5-11-4-3-9-16-11/h3-6,9-10H,7-8H2,1-2H3/b6-5+. The molecule has 0 atom stereocenters. The summed E-state index contributed by atoms with van der Waals surface area (Å²) in [6, 6.07) is 3.88. The third-order valence-electron chi connectivity index (χ3n) is 1.71. The van der Waals surface area contributed by atoms with Crippen LogP contribution in [0.4, 0.5) is 0 Å². The highest BCUT2D eigenvalue weighted by molar-refractivity contribution is 7.10. The molecule has 3 nitrogen and oxygen atoms in total. The lowest BCUT2D eigenvalue weighted by atomic mass is 10.4. The van der Waals surface area contributed by atoms with Crippen LogP contribution in [0.25, 0.3) is 6.08 Å². The number of hydrogen-bond acceptors (Lipinski definition) is 4. The summed E-state index contributed by atoms with van der Waals surface area (Å²) >= 11 is 1.58. The summed E-state index contributed by atoms with van der Waals surface area (Å²) in [7, 11) is 0. The number of ether oxygens (including phenoxy) is 2. The van der Waals surface area contributed by atoms with Crippen molar-refractivity contribution in [2.75, 3.05) is 13.2 Å². The molecule has 1 rings (SSSR count). The van der Waals surface area contributed by atoms with Crippen LogP contribution < -0.4 is 0 Å². The SMILES string of the molecule is CC(C)OCCOC(=O)/C=C/c1cccs1. The van der Waals surface area contributed by atoms with Gasteiger partial charge >= 0.3 is 5.97 Å². The van der Waals surface area contributed by atoms with E-state index in [-0.39, 0.29) is 12.1 Å². The Hall–Kier alpha value is -1.13. The van der Waals surface area contributed by atoms with Gasteiger partial charge in [-0.1, -0.05) is 6.07 Å². The first-order chi connectivity index (χ1) is 7.68. The molecule has 1 aromatic rings. The van der Waals surface area contributed by atoms with Gasteiger partial charge in [-0.2, -0.15) is 0 Å². The van der Waals surface area contributed by atoms with Crippen molar-refractivity contribution in [3.63, 3.8) is 0 Å². The van der Waals surface area contributed by atoms with Crippen molar-refractivity contribution in [2.24, 2.45) is 0 Å². The molecule has 0 bridgehead atoms. The molecule has 0 aromatic carbocycles. The van der Waals surface area contributed by atoms with Crippen LogP contribution in [0.2, 0.25) is 0 Å². The third kappa shape index (κ3) is 5.68. The quantitative estimate of drug-likeness (QED) is 0.436. The van der Waals surface area contributed by atoms with Crippen LogP contribution in [0, 0.1) is 0 Å². The molecule has 1 aromatic heterocycles. The summed E-state index contributed by atoms with van der Waals surface area (Å²) in [4.78, 5) is 12.3. The average molecular weight is 240 g/mol. The van der Waals surface area contributed by atoms with E-state index in [9.17, 15) is 4.79 Å². The molecule has 0 N–H and O–H groups in total. The first-order valence-electron chi connectivity index (χ1n) is 5.18. The summed E-state index contributed by atoms with van der Waals surface area (Å²) in [5.41, 5.74) is 0. The Bertz CT molecular complexity index is 328. The number of hydrogen-bond donors (Lipinski definition) is 0. The van der Waals surface area contributed by atoms with Crippen molar-refractivity contribution in [2.45, 2.75) is 20.0 Å². The molecule has 0 saturated heterocycles. The number of esters is 1. The second-order valence-electron chi connectivity index (χ2n) is 3.44. The monoisotopic (exact) mass is 240 g/mol. The minimum atomic E-state index is -0.333. The summed E-state index contributed by atoms with van der Waals surface area (Å²) in [5.74, 6) is -0.333. The zero-order valence-electron chi connectivity index (χ0n) is 9.51. The number of carbonyl (C=O) groups excluding carboxylic acids is 1. The van der Waals surface area contributed by atoms with Crippen LogP contribution in [0.5, 0.6) is 0 Å². The molecule has 0 saturated carbocycles. The van der Waals surface area contributed by atoms with Gasteiger partial charge in [0.05, 0.1) is 12.7 Å². The molecule has 0 amide bonds. The van der Waals surface area contributed by atoms with Crippen molar-refractivity contribution in [3.8, 4) is 0 Å². The van der Waals surface area contributed by atoms with E-state index in [2.05, 4.69) is 0 Å². The van der Waals surface area contributed by atoms with Gasteiger partial charge in [-0.05, 0) is 31.4 Å². The van der Waals surface area contributed by atoms with E-state index in [0.717, 1.165) is 4.88 Å². The van der Waals surface area contributed by atoms with Crippen molar-refractivity contribution in [3.05, 3.63) is 28.5 Å². The lowest BCUT2D eigenvalue weighted by Crippen LogP contribution is -2.11. The fourth-order valence-electron chi connectivity index (χ4n) is 1.01. The van der Waals surface area contributed by atoms with E-state index in [4.69, 9.17) is 9.47 Å². The van der Waals surface area contributed by atoms with E-state index < -0.39 is 0 Å². The number of rotatable bonds is 6. The fourth-order valence-corrected chi connectivity index (χ4v) is 1.63. The summed E-state index contributed by atoms with van der Waals surface area (Å²) in [6.07, 6.45) is 3.35. The second-order valence-corrected chi connectivity index (χ2v) is 4.42. The minimum absolute atomic E-state index is 0.167. The normalized spacial score (nSPS) is 11.2. The maximum atomic E-state index is 11.2. The molecule has 0 aliphatic heterocycles. The summed E-state index contributed by atoms with van der Waals surface area (Å²) < 4.78 is 10.2. The van der Waals surface area contributed by atoms with Gasteiger partial charge < -0.3 is 9.47 Å². The van der Waals surface area contributed by atoms with Crippen LogP contribution in [0.15, 0.2) is 23.6 Å². The minimum Gasteiger partial charge on any atom is -0.460 e. The lowest BCUT2D eigenvalue weighted by molar-refractivity contribution is -0.139. The highest BCUT2D eigenvalue weighted by Gasteiger charge is 1.98. The Labute approximate surface area is 99.7 Å². The Morgan fingerprint density at radius 1 is 1.50 bits per heavy atom. The van der Waals surface area contributed by atoms with Crippen molar-refractivity contribution < 1.29 is 14.3 Å². The van der Waals surface area contributed by atoms with E-state index in [0.29, 0.717) is 13.2 Å². The predicted molar refractivity (Wildman–Crippen MR) is 65.4 cm³/mol. The van der Waals surface area contributed by atoms with Gasteiger partial charge in [-0.25, -0.2) is 4.79 Å². The molecular weight excluding hydrogens is 224 g/mol. The molecular formula is C12H16O3S. The van der Waals surface area contributed by atoms with E-state index >= 15 is 0 Å². The van der Waals surface area contributed by atoms with Crippen LogP contribution in [0.1, 0.15) is 18.7 Å². The largest absolute Gasteiger partial charge is 0.460 e. The molecule has 0 fully saturated rings. The van der Waals surface area contributed by atoms with Crippen LogP contribution >= 0.6 is 11.3 Å². The van der Waals surface area contributed by atoms with Crippen LogP contribution in [0.3, 0.4) is 0 Å². The van der Waals surface area contributed by atoms with Gasteiger partial charge in [-0.15, -0.1) is 11.3 Å². The first kappa shape index (κ1) is 12.9. The number of carbonyl (C=O) groups is 1. The summed E-state index contributed by atoms with van der Waals surface area (Å²) in [5, 5.41) is 1.96. The molecule has 0 unspecified atom stereocenters. The van der Waals surface area contributed by atoms with Gasteiger partial charge in [0.2, 0.25) is 0 Å². The zero-order valence-corrected chi connectivity index (χ0v) is 10.3. The number of thiophene rings is 1. The second kappa shape index (κ2) is 7.19. The van der Waals surface area contributed by atoms with Crippen molar-refractivity contribution in [1.82, 2.24) is 0 Å². The molecule has 0 spiro atoms. The predicted octanol–water partition coefficient (Wildman–Crippen LogP) is 2.73. The maximum absolute atomic E-state index is 11.2. The Kier molecular flexibility index (Phi) is 5.82. The molecule has 1 heterocycles. The van der Waals surface area contributed by atoms with E-state index in [1.807, 2.05) is 31.4 Å².